The molecule has 1 aromatic carbocycles. The molecular formula is C18H17ClN4O2S. The van der Waals surface area contributed by atoms with Crippen molar-refractivity contribution in [1.29, 1.82) is 0 Å². The van der Waals surface area contributed by atoms with Gasteiger partial charge in [0.1, 0.15) is 0 Å². The lowest BCUT2D eigenvalue weighted by Gasteiger charge is -2.15. The molecule has 2 aromatic rings. The Balaban J connectivity index is 1.61. The van der Waals surface area contributed by atoms with Crippen LogP contribution in [0.15, 0.2) is 48.1 Å². The normalized spacial score (nSPS) is 15.9. The number of hydrogen-bond acceptors (Lipinski definition) is 6. The van der Waals surface area contributed by atoms with Crippen molar-refractivity contribution in [1.82, 2.24) is 9.88 Å². The number of amidine groups is 1. The Labute approximate surface area is 160 Å². The maximum Gasteiger partial charge on any atom is 0.307 e. The van der Waals surface area contributed by atoms with Gasteiger partial charge in [-0.05, 0) is 42.4 Å². The van der Waals surface area contributed by atoms with Crippen LogP contribution in [0.25, 0.3) is 10.9 Å². The van der Waals surface area contributed by atoms with E-state index in [2.05, 4.69) is 21.9 Å². The quantitative estimate of drug-likeness (QED) is 0.447. The Bertz CT molecular complexity index is 900. The zero-order valence-corrected chi connectivity index (χ0v) is 15.5. The lowest BCUT2D eigenvalue weighted by molar-refractivity contribution is -0.136. The Morgan fingerprint density at radius 1 is 1.35 bits per heavy atom. The van der Waals surface area contributed by atoms with Crippen LogP contribution in [0.5, 0.6) is 0 Å². The number of carbonyl (C=O) groups excluding carboxylic acids is 2. The summed E-state index contributed by atoms with van der Waals surface area (Å²) in [6.07, 6.45) is 4.02. The van der Waals surface area contributed by atoms with E-state index < -0.39 is 11.0 Å². The Hall–Kier alpha value is -2.38. The van der Waals surface area contributed by atoms with E-state index in [0.717, 1.165) is 28.4 Å². The molecule has 0 atom stereocenters. The van der Waals surface area contributed by atoms with Crippen molar-refractivity contribution in [2.75, 3.05) is 25.0 Å². The standard InChI is InChI=1S/C18H17ClN4O2S/c1-2-7-22-18-23(16(24)17(25)26-18)10-3-8-20-14-6-9-21-15-11-12(19)4-5-13(14)15/h2,4-6,9,11H,1,3,7-8,10H2,(H,20,21). The summed E-state index contributed by atoms with van der Waals surface area (Å²) in [7, 11) is 0. The van der Waals surface area contributed by atoms with Gasteiger partial charge in [-0.3, -0.25) is 24.5 Å². The number of rotatable bonds is 7. The molecule has 1 amide bonds. The van der Waals surface area contributed by atoms with Crippen molar-refractivity contribution in [3.63, 3.8) is 0 Å². The molecule has 0 bridgehead atoms. The second-order valence-electron chi connectivity index (χ2n) is 5.56. The van der Waals surface area contributed by atoms with Crippen LogP contribution < -0.4 is 5.32 Å². The first-order chi connectivity index (χ1) is 12.6. The fourth-order valence-corrected chi connectivity index (χ4v) is 3.52. The number of benzene rings is 1. The molecule has 1 saturated heterocycles. The van der Waals surface area contributed by atoms with Crippen LogP contribution in [0.1, 0.15) is 6.42 Å². The van der Waals surface area contributed by atoms with Crippen LogP contribution in [0.2, 0.25) is 5.02 Å². The van der Waals surface area contributed by atoms with Gasteiger partial charge in [0, 0.05) is 35.4 Å². The van der Waals surface area contributed by atoms with Gasteiger partial charge < -0.3 is 5.32 Å². The molecule has 134 valence electrons. The summed E-state index contributed by atoms with van der Waals surface area (Å²) in [5, 5.41) is 4.93. The number of nitrogens with zero attached hydrogens (tertiary/aromatic N) is 3. The van der Waals surface area contributed by atoms with Crippen LogP contribution in [0, 0.1) is 0 Å². The van der Waals surface area contributed by atoms with Crippen LogP contribution in [0.3, 0.4) is 0 Å². The summed E-state index contributed by atoms with van der Waals surface area (Å²) >= 11 is 6.88. The molecule has 0 unspecified atom stereocenters. The number of thioether (sulfide) groups is 1. The number of pyridine rings is 1. The fourth-order valence-electron chi connectivity index (χ4n) is 2.57. The summed E-state index contributed by atoms with van der Waals surface area (Å²) in [4.78, 5) is 33.5. The SMILES string of the molecule is C=CCN=C1SC(=O)C(=O)N1CCCNc1ccnc2cc(Cl)ccc12. The largest absolute Gasteiger partial charge is 0.384 e. The molecule has 0 radical (unpaired) electrons. The zero-order valence-electron chi connectivity index (χ0n) is 13.9. The topological polar surface area (TPSA) is 74.7 Å². The summed E-state index contributed by atoms with van der Waals surface area (Å²) in [5.74, 6) is -0.512. The van der Waals surface area contributed by atoms with E-state index in [4.69, 9.17) is 11.6 Å². The molecule has 0 aliphatic carbocycles. The predicted molar refractivity (Wildman–Crippen MR) is 107 cm³/mol. The molecule has 1 fully saturated rings. The number of anilines is 1. The highest BCUT2D eigenvalue weighted by Gasteiger charge is 2.35. The Morgan fingerprint density at radius 2 is 2.19 bits per heavy atom. The van der Waals surface area contributed by atoms with Gasteiger partial charge in [0.2, 0.25) is 0 Å². The molecule has 8 heteroatoms. The van der Waals surface area contributed by atoms with E-state index in [0.29, 0.717) is 36.2 Å². The first kappa shape index (κ1) is 18.4. The number of aromatic nitrogens is 1. The molecular weight excluding hydrogens is 372 g/mol. The molecule has 0 spiro atoms. The average Bonchev–Trinajstić information content (AvgIpc) is 2.90. The lowest BCUT2D eigenvalue weighted by Crippen LogP contribution is -2.32. The van der Waals surface area contributed by atoms with Gasteiger partial charge in [-0.2, -0.15) is 0 Å². The van der Waals surface area contributed by atoms with Gasteiger partial charge in [-0.1, -0.05) is 17.7 Å². The number of halogens is 1. The van der Waals surface area contributed by atoms with Crippen LogP contribution in [-0.4, -0.2) is 45.7 Å². The molecule has 0 saturated carbocycles. The second kappa shape index (κ2) is 8.33. The molecule has 6 nitrogen and oxygen atoms in total. The fraction of sp³-hybridized carbons (Fsp3) is 0.222. The predicted octanol–water partition coefficient (Wildman–Crippen LogP) is 3.33. The van der Waals surface area contributed by atoms with Crippen molar-refractivity contribution < 1.29 is 9.59 Å². The van der Waals surface area contributed by atoms with Crippen molar-refractivity contribution in [3.05, 3.63) is 48.1 Å². The van der Waals surface area contributed by atoms with Crippen molar-refractivity contribution in [2.45, 2.75) is 6.42 Å². The molecule has 1 aliphatic heterocycles. The van der Waals surface area contributed by atoms with E-state index in [1.807, 2.05) is 24.3 Å². The number of fused-ring (bicyclic) bond motifs is 1. The maximum atomic E-state index is 12.0. The minimum atomic E-state index is -0.512. The van der Waals surface area contributed by atoms with Crippen molar-refractivity contribution >= 4 is 56.1 Å². The zero-order chi connectivity index (χ0) is 18.5. The van der Waals surface area contributed by atoms with Crippen LogP contribution in [-0.2, 0) is 9.59 Å². The average molecular weight is 389 g/mol. The van der Waals surface area contributed by atoms with E-state index >= 15 is 0 Å². The minimum Gasteiger partial charge on any atom is -0.384 e. The number of nitrogens with one attached hydrogen (secondary N) is 1. The van der Waals surface area contributed by atoms with E-state index in [1.165, 1.54) is 4.90 Å². The second-order valence-corrected chi connectivity index (χ2v) is 6.94. The summed E-state index contributed by atoms with van der Waals surface area (Å²) < 4.78 is 0. The molecule has 3 rings (SSSR count). The maximum absolute atomic E-state index is 12.0. The third-order valence-corrected chi connectivity index (χ3v) is 4.90. The number of carbonyl (C=O) groups is 2. The van der Waals surface area contributed by atoms with Gasteiger partial charge in [0.05, 0.1) is 12.1 Å². The molecule has 1 aromatic heterocycles. The Morgan fingerprint density at radius 3 is 3.00 bits per heavy atom. The van der Waals surface area contributed by atoms with E-state index in [1.54, 1.807) is 12.3 Å². The van der Waals surface area contributed by atoms with Gasteiger partial charge in [0.25, 0.3) is 5.12 Å². The Kier molecular flexibility index (Phi) is 5.90. The van der Waals surface area contributed by atoms with Gasteiger partial charge in [-0.15, -0.1) is 6.58 Å². The van der Waals surface area contributed by atoms with Crippen LogP contribution >= 0.6 is 23.4 Å². The van der Waals surface area contributed by atoms with E-state index in [9.17, 15) is 9.59 Å². The number of amides is 1. The molecule has 1 N–H and O–H groups in total. The number of hydrogen-bond donors (Lipinski definition) is 1. The molecule has 1 aliphatic rings. The van der Waals surface area contributed by atoms with Crippen molar-refractivity contribution in [2.24, 2.45) is 4.99 Å². The monoisotopic (exact) mass is 388 g/mol. The number of aliphatic imine (C=N–C) groups is 1. The van der Waals surface area contributed by atoms with Gasteiger partial charge in [-0.25, -0.2) is 0 Å². The summed E-state index contributed by atoms with van der Waals surface area (Å²) in [6, 6.07) is 7.46. The van der Waals surface area contributed by atoms with Gasteiger partial charge in [0.15, 0.2) is 5.17 Å². The van der Waals surface area contributed by atoms with E-state index in [-0.39, 0.29) is 0 Å². The third-order valence-electron chi connectivity index (χ3n) is 3.77. The smallest absolute Gasteiger partial charge is 0.307 e. The molecule has 26 heavy (non-hydrogen) atoms. The third kappa shape index (κ3) is 4.05. The highest BCUT2D eigenvalue weighted by atomic mass is 35.5. The molecule has 2 heterocycles. The van der Waals surface area contributed by atoms with Crippen LogP contribution in [0.4, 0.5) is 5.69 Å². The first-order valence-corrected chi connectivity index (χ1v) is 9.27. The van der Waals surface area contributed by atoms with Crippen molar-refractivity contribution in [3.8, 4) is 0 Å². The minimum absolute atomic E-state index is 0.378. The van der Waals surface area contributed by atoms with Gasteiger partial charge >= 0.3 is 5.91 Å². The highest BCUT2D eigenvalue weighted by Crippen LogP contribution is 2.25. The highest BCUT2D eigenvalue weighted by molar-refractivity contribution is 8.28. The summed E-state index contributed by atoms with van der Waals surface area (Å²) in [5.41, 5.74) is 1.77. The summed E-state index contributed by atoms with van der Waals surface area (Å²) in [6.45, 7) is 5.04. The lowest BCUT2D eigenvalue weighted by atomic mass is 10.2. The first-order valence-electron chi connectivity index (χ1n) is 8.07.